The summed E-state index contributed by atoms with van der Waals surface area (Å²) in [4.78, 5) is 6.12. The molecule has 0 fully saturated rings. The summed E-state index contributed by atoms with van der Waals surface area (Å²) >= 11 is 0. The third-order valence-corrected chi connectivity index (χ3v) is 5.62. The first-order chi connectivity index (χ1) is 9.76. The number of nitrogens with one attached hydrogen (secondary N) is 3. The largest absolute Gasteiger partial charge is 0.334 e. The van der Waals surface area contributed by atoms with E-state index < -0.39 is 20.0 Å². The van der Waals surface area contributed by atoms with Crippen molar-refractivity contribution in [3.63, 3.8) is 0 Å². The molecule has 0 aliphatic rings. The van der Waals surface area contributed by atoms with Crippen molar-refractivity contribution in [2.24, 2.45) is 0 Å². The topological polar surface area (TPSA) is 121 Å². The number of aryl methyl sites for hydroxylation is 1. The van der Waals surface area contributed by atoms with Gasteiger partial charge in [0.1, 0.15) is 0 Å². The average Bonchev–Trinajstić information content (AvgIpc) is 2.95. The maximum atomic E-state index is 12.0. The fourth-order valence-electron chi connectivity index (χ4n) is 1.66. The maximum absolute atomic E-state index is 12.0. The summed E-state index contributed by atoms with van der Waals surface area (Å²) in [7, 11) is -6.21. The monoisotopic (exact) mass is 330 g/mol. The van der Waals surface area contributed by atoms with Crippen LogP contribution in [0.1, 0.15) is 5.56 Å². The van der Waals surface area contributed by atoms with Gasteiger partial charge in [-0.15, -0.1) is 0 Å². The van der Waals surface area contributed by atoms with Gasteiger partial charge >= 0.3 is 0 Å². The van der Waals surface area contributed by atoms with Crippen LogP contribution in [0, 0.1) is 6.92 Å². The molecule has 0 aliphatic carbocycles. The van der Waals surface area contributed by atoms with Crippen molar-refractivity contribution in [3.05, 3.63) is 36.3 Å². The van der Waals surface area contributed by atoms with Crippen LogP contribution < -0.4 is 9.44 Å². The molecule has 21 heavy (non-hydrogen) atoms. The summed E-state index contributed by atoms with van der Waals surface area (Å²) in [6, 6.07) is 4.27. The molecule has 0 saturated heterocycles. The molecule has 10 heteroatoms. The Bertz CT molecular complexity index is 842. The van der Waals surface area contributed by atoms with Crippen LogP contribution in [0.2, 0.25) is 0 Å². The summed E-state index contributed by atoms with van der Waals surface area (Å²) < 4.78 is 52.3. The van der Waals surface area contributed by atoms with Gasteiger partial charge < -0.3 is 4.98 Å². The molecule has 0 radical (unpaired) electrons. The Balaban J connectivity index is 2.42. The van der Waals surface area contributed by atoms with Gasteiger partial charge in [-0.1, -0.05) is 6.07 Å². The third-order valence-electron chi connectivity index (χ3n) is 2.76. The quantitative estimate of drug-likeness (QED) is 0.734. The number of imidazole rings is 1. The lowest BCUT2D eigenvalue weighted by Gasteiger charge is -2.10. The van der Waals surface area contributed by atoms with E-state index in [1.54, 1.807) is 6.92 Å². The fraction of sp³-hybridized carbons (Fsp3) is 0.182. The first kappa shape index (κ1) is 15.5. The summed E-state index contributed by atoms with van der Waals surface area (Å²) in [5.74, 6) is 0. The summed E-state index contributed by atoms with van der Waals surface area (Å²) in [6.07, 6.45) is 2.39. The highest BCUT2D eigenvalue weighted by Crippen LogP contribution is 2.21. The highest BCUT2D eigenvalue weighted by atomic mass is 32.2. The summed E-state index contributed by atoms with van der Waals surface area (Å²) in [5.41, 5.74) is 0.651. The molecule has 0 bridgehead atoms. The highest BCUT2D eigenvalue weighted by molar-refractivity contribution is 7.92. The first-order valence-corrected chi connectivity index (χ1v) is 8.78. The summed E-state index contributed by atoms with van der Waals surface area (Å²) in [5, 5.41) is -0.110. The number of rotatable bonds is 5. The van der Waals surface area contributed by atoms with Gasteiger partial charge in [-0.2, -0.15) is 8.42 Å². The molecule has 2 aromatic rings. The Morgan fingerprint density at radius 3 is 2.43 bits per heavy atom. The van der Waals surface area contributed by atoms with E-state index in [0.29, 0.717) is 5.56 Å². The number of hydrogen-bond acceptors (Lipinski definition) is 5. The van der Waals surface area contributed by atoms with Crippen LogP contribution >= 0.6 is 0 Å². The van der Waals surface area contributed by atoms with Crippen LogP contribution in [0.3, 0.4) is 0 Å². The van der Waals surface area contributed by atoms with E-state index >= 15 is 0 Å². The smallest absolute Gasteiger partial charge is 0.278 e. The number of benzene rings is 1. The zero-order chi connectivity index (χ0) is 15.7. The molecule has 0 atom stereocenters. The molecule has 0 aliphatic heterocycles. The van der Waals surface area contributed by atoms with Gasteiger partial charge in [0.2, 0.25) is 10.0 Å². The van der Waals surface area contributed by atoms with Crippen LogP contribution in [-0.4, -0.2) is 33.9 Å². The highest BCUT2D eigenvalue weighted by Gasteiger charge is 2.19. The second-order valence-electron chi connectivity index (χ2n) is 4.21. The molecule has 0 saturated carbocycles. The minimum absolute atomic E-state index is 0.00908. The molecule has 114 valence electrons. The van der Waals surface area contributed by atoms with Crippen molar-refractivity contribution in [1.29, 1.82) is 0 Å². The van der Waals surface area contributed by atoms with Gasteiger partial charge in [-0.25, -0.2) is 18.1 Å². The zero-order valence-electron chi connectivity index (χ0n) is 11.3. The Kier molecular flexibility index (Phi) is 4.03. The molecule has 1 aromatic heterocycles. The van der Waals surface area contributed by atoms with Crippen LogP contribution in [-0.2, 0) is 20.0 Å². The Hall–Kier alpha value is -1.91. The van der Waals surface area contributed by atoms with Crippen LogP contribution in [0.4, 0.5) is 5.69 Å². The number of hydrogen-bond donors (Lipinski definition) is 3. The number of nitrogens with zero attached hydrogens (tertiary/aromatic N) is 1. The lowest BCUT2D eigenvalue weighted by atomic mass is 10.2. The molecule has 3 N–H and O–H groups in total. The van der Waals surface area contributed by atoms with Crippen molar-refractivity contribution >= 4 is 25.7 Å². The van der Waals surface area contributed by atoms with Gasteiger partial charge in [0.15, 0.2) is 5.03 Å². The van der Waals surface area contributed by atoms with Gasteiger partial charge in [0.25, 0.3) is 10.0 Å². The van der Waals surface area contributed by atoms with E-state index in [0.717, 1.165) is 6.20 Å². The Morgan fingerprint density at radius 1 is 1.14 bits per heavy atom. The second kappa shape index (κ2) is 5.47. The Morgan fingerprint density at radius 2 is 1.86 bits per heavy atom. The zero-order valence-corrected chi connectivity index (χ0v) is 12.9. The van der Waals surface area contributed by atoms with Crippen molar-refractivity contribution in [3.8, 4) is 0 Å². The average molecular weight is 330 g/mol. The van der Waals surface area contributed by atoms with E-state index in [1.165, 1.54) is 31.6 Å². The van der Waals surface area contributed by atoms with Gasteiger partial charge in [0, 0.05) is 0 Å². The van der Waals surface area contributed by atoms with E-state index in [-0.39, 0.29) is 15.6 Å². The van der Waals surface area contributed by atoms with E-state index in [9.17, 15) is 16.8 Å². The predicted molar refractivity (Wildman–Crippen MR) is 76.8 cm³/mol. The number of aromatic nitrogens is 2. The normalized spacial score (nSPS) is 12.3. The lowest BCUT2D eigenvalue weighted by molar-refractivity contribution is 0.587. The lowest BCUT2D eigenvalue weighted by Crippen LogP contribution is -2.20. The molecule has 2 rings (SSSR count). The molecular formula is C11H14N4O4S2. The first-order valence-electron chi connectivity index (χ1n) is 5.81. The standard InChI is InChI=1S/C11H14N4O4S2/c1-8-3-4-9(5-10(8)20(16,17)12-2)15-21(18,19)11-6-13-7-14-11/h3-7,12,15H,1-2H3,(H,13,14). The molecule has 0 unspecified atom stereocenters. The molecule has 1 aromatic carbocycles. The van der Waals surface area contributed by atoms with E-state index in [2.05, 4.69) is 19.4 Å². The van der Waals surface area contributed by atoms with Crippen molar-refractivity contribution in [2.45, 2.75) is 16.8 Å². The van der Waals surface area contributed by atoms with E-state index in [4.69, 9.17) is 0 Å². The van der Waals surface area contributed by atoms with Crippen LogP contribution in [0.25, 0.3) is 0 Å². The van der Waals surface area contributed by atoms with Crippen molar-refractivity contribution in [1.82, 2.24) is 14.7 Å². The van der Waals surface area contributed by atoms with E-state index in [1.807, 2.05) is 0 Å². The number of aromatic amines is 1. The van der Waals surface area contributed by atoms with Crippen LogP contribution in [0.15, 0.2) is 40.6 Å². The molecular weight excluding hydrogens is 316 g/mol. The number of sulfonamides is 2. The van der Waals surface area contributed by atoms with Crippen molar-refractivity contribution in [2.75, 3.05) is 11.8 Å². The second-order valence-corrected chi connectivity index (χ2v) is 7.71. The predicted octanol–water partition coefficient (Wildman–Crippen LogP) is 0.427. The van der Waals surface area contributed by atoms with Gasteiger partial charge in [-0.05, 0) is 31.7 Å². The van der Waals surface area contributed by atoms with Crippen LogP contribution in [0.5, 0.6) is 0 Å². The molecule has 1 heterocycles. The molecule has 0 amide bonds. The Labute approximate surface area is 122 Å². The minimum Gasteiger partial charge on any atom is -0.334 e. The SMILES string of the molecule is CNS(=O)(=O)c1cc(NS(=O)(=O)c2cnc[nH]2)ccc1C. The summed E-state index contributed by atoms with van der Waals surface area (Å²) in [6.45, 7) is 1.62. The molecule has 8 nitrogen and oxygen atoms in total. The van der Waals surface area contributed by atoms with Gasteiger partial charge in [0.05, 0.1) is 23.1 Å². The van der Waals surface area contributed by atoms with Gasteiger partial charge in [-0.3, -0.25) is 4.72 Å². The molecule has 0 spiro atoms. The fourth-order valence-corrected chi connectivity index (χ4v) is 3.61. The number of anilines is 1. The minimum atomic E-state index is -3.84. The number of H-pyrrole nitrogens is 1. The third kappa shape index (κ3) is 3.23. The maximum Gasteiger partial charge on any atom is 0.278 e. The van der Waals surface area contributed by atoms with Crippen molar-refractivity contribution < 1.29 is 16.8 Å².